The SMILES string of the molecule is COc1ccc2nccc([C@@H](F)CC[C@@H]3CCN(CC#Cc4ccccc4F)C[C@@H]3C(=O)O)c2c1. The molecule has 2 heterocycles. The van der Waals surface area contributed by atoms with Crippen molar-refractivity contribution in [1.82, 2.24) is 9.88 Å². The predicted molar refractivity (Wildman–Crippen MR) is 130 cm³/mol. The summed E-state index contributed by atoms with van der Waals surface area (Å²) < 4.78 is 34.4. The molecule has 1 N–H and O–H groups in total. The van der Waals surface area contributed by atoms with E-state index in [-0.39, 0.29) is 18.2 Å². The number of fused-ring (bicyclic) bond motifs is 1. The fourth-order valence-corrected chi connectivity index (χ4v) is 4.71. The number of piperidine rings is 1. The van der Waals surface area contributed by atoms with E-state index in [1.54, 1.807) is 55.8 Å². The molecule has 5 nitrogen and oxygen atoms in total. The number of halogens is 2. The van der Waals surface area contributed by atoms with Crippen LogP contribution in [0.1, 0.15) is 36.6 Å². The molecule has 4 rings (SSSR count). The van der Waals surface area contributed by atoms with Crippen molar-refractivity contribution in [2.75, 3.05) is 26.7 Å². The van der Waals surface area contributed by atoms with Crippen LogP contribution in [0.4, 0.5) is 8.78 Å². The van der Waals surface area contributed by atoms with Gasteiger partial charge in [-0.2, -0.15) is 0 Å². The number of benzene rings is 2. The van der Waals surface area contributed by atoms with E-state index in [1.807, 2.05) is 4.90 Å². The van der Waals surface area contributed by atoms with E-state index in [9.17, 15) is 14.3 Å². The number of rotatable bonds is 7. The number of carboxylic acid groups (broad SMARTS) is 1. The van der Waals surface area contributed by atoms with Crippen LogP contribution in [0.25, 0.3) is 10.9 Å². The first-order chi connectivity index (χ1) is 17.0. The summed E-state index contributed by atoms with van der Waals surface area (Å²) in [6.45, 7) is 1.38. The molecule has 1 aliphatic rings. The van der Waals surface area contributed by atoms with Gasteiger partial charge in [0.25, 0.3) is 0 Å². The summed E-state index contributed by atoms with van der Waals surface area (Å²) in [6, 6.07) is 13.4. The van der Waals surface area contributed by atoms with Crippen LogP contribution >= 0.6 is 0 Å². The molecule has 0 saturated carbocycles. The van der Waals surface area contributed by atoms with Gasteiger partial charge in [0.1, 0.15) is 17.7 Å². The Kier molecular flexibility index (Phi) is 7.94. The van der Waals surface area contributed by atoms with Crippen molar-refractivity contribution in [2.45, 2.75) is 25.4 Å². The summed E-state index contributed by atoms with van der Waals surface area (Å²) in [5.41, 5.74) is 1.56. The maximum atomic E-state index is 15.3. The van der Waals surface area contributed by atoms with Crippen LogP contribution in [0.2, 0.25) is 0 Å². The van der Waals surface area contributed by atoms with E-state index < -0.39 is 18.1 Å². The standard InChI is InChI=1S/C28H28F2N2O3/c1-35-21-9-11-27-23(17-21)22(12-14-31-27)26(30)10-8-19-13-16-32(18-24(19)28(33)34)15-4-6-20-5-2-3-7-25(20)29/h2-3,5,7,9,11-12,14,17,19,24,26H,8,10,13,15-16,18H2,1H3,(H,33,34)/t19-,24+,26+/m1/s1. The van der Waals surface area contributed by atoms with E-state index in [0.717, 1.165) is 0 Å². The molecule has 0 amide bonds. The molecular weight excluding hydrogens is 450 g/mol. The lowest BCUT2D eigenvalue weighted by molar-refractivity contribution is -0.146. The Balaban J connectivity index is 1.38. The van der Waals surface area contributed by atoms with Crippen LogP contribution in [-0.2, 0) is 4.79 Å². The summed E-state index contributed by atoms with van der Waals surface area (Å²) in [5.74, 6) is 4.44. The van der Waals surface area contributed by atoms with Crippen molar-refractivity contribution in [3.63, 3.8) is 0 Å². The quantitative estimate of drug-likeness (QED) is 0.470. The third-order valence-electron chi connectivity index (χ3n) is 6.67. The highest BCUT2D eigenvalue weighted by Crippen LogP contribution is 2.35. The van der Waals surface area contributed by atoms with E-state index >= 15 is 4.39 Å². The zero-order valence-corrected chi connectivity index (χ0v) is 19.6. The maximum absolute atomic E-state index is 15.3. The first-order valence-electron chi connectivity index (χ1n) is 11.7. The molecule has 0 radical (unpaired) electrons. The molecule has 3 atom stereocenters. The first kappa shape index (κ1) is 24.6. The molecule has 1 aliphatic heterocycles. The number of aromatic nitrogens is 1. The minimum absolute atomic E-state index is 0.121. The lowest BCUT2D eigenvalue weighted by atomic mass is 9.81. The Morgan fingerprint density at radius 2 is 2.11 bits per heavy atom. The van der Waals surface area contributed by atoms with E-state index in [0.29, 0.717) is 60.3 Å². The number of carboxylic acids is 1. The third-order valence-corrected chi connectivity index (χ3v) is 6.67. The highest BCUT2D eigenvalue weighted by Gasteiger charge is 2.34. The fraction of sp³-hybridized carbons (Fsp3) is 0.357. The van der Waals surface area contributed by atoms with Gasteiger partial charge in [0.15, 0.2) is 0 Å². The Morgan fingerprint density at radius 1 is 1.29 bits per heavy atom. The average Bonchev–Trinajstić information content (AvgIpc) is 2.88. The van der Waals surface area contributed by atoms with Gasteiger partial charge in [0.2, 0.25) is 0 Å². The second-order valence-electron chi connectivity index (χ2n) is 8.84. The summed E-state index contributed by atoms with van der Waals surface area (Å²) in [5, 5.41) is 10.5. The second kappa shape index (κ2) is 11.3. The molecule has 7 heteroatoms. The van der Waals surface area contributed by atoms with E-state index in [4.69, 9.17) is 4.74 Å². The van der Waals surface area contributed by atoms with Crippen molar-refractivity contribution in [3.8, 4) is 17.6 Å². The summed E-state index contributed by atoms with van der Waals surface area (Å²) in [4.78, 5) is 18.3. The number of carbonyl (C=O) groups is 1. The van der Waals surface area contributed by atoms with Crippen molar-refractivity contribution >= 4 is 16.9 Å². The minimum atomic E-state index is -1.23. The number of likely N-dealkylation sites (tertiary alicyclic amines) is 1. The number of hydrogen-bond acceptors (Lipinski definition) is 4. The van der Waals surface area contributed by atoms with E-state index in [1.165, 1.54) is 6.07 Å². The van der Waals surface area contributed by atoms with Gasteiger partial charge in [0, 0.05) is 18.1 Å². The fourth-order valence-electron chi connectivity index (χ4n) is 4.71. The molecule has 0 spiro atoms. The Labute approximate surface area is 203 Å². The van der Waals surface area contributed by atoms with Crippen LogP contribution in [0.15, 0.2) is 54.7 Å². The van der Waals surface area contributed by atoms with Crippen LogP contribution in [0.5, 0.6) is 5.75 Å². The lowest BCUT2D eigenvalue weighted by Gasteiger charge is -2.35. The molecule has 0 unspecified atom stereocenters. The van der Waals surface area contributed by atoms with Crippen LogP contribution in [0.3, 0.4) is 0 Å². The van der Waals surface area contributed by atoms with Gasteiger partial charge in [-0.1, -0.05) is 24.0 Å². The molecule has 1 fully saturated rings. The van der Waals surface area contributed by atoms with Gasteiger partial charge in [-0.15, -0.1) is 0 Å². The smallest absolute Gasteiger partial charge is 0.308 e. The van der Waals surface area contributed by atoms with Gasteiger partial charge >= 0.3 is 5.97 Å². The summed E-state index contributed by atoms with van der Waals surface area (Å²) >= 11 is 0. The topological polar surface area (TPSA) is 62.7 Å². The molecule has 1 aromatic heterocycles. The molecule has 3 aromatic rings. The normalized spacial score (nSPS) is 19.1. The molecule has 2 aromatic carbocycles. The molecule has 35 heavy (non-hydrogen) atoms. The molecule has 0 bridgehead atoms. The summed E-state index contributed by atoms with van der Waals surface area (Å²) in [6.07, 6.45) is 1.72. The van der Waals surface area contributed by atoms with Crippen molar-refractivity contribution in [3.05, 3.63) is 71.7 Å². The predicted octanol–water partition coefficient (Wildman–Crippen LogP) is 5.25. The molecule has 0 aliphatic carbocycles. The second-order valence-corrected chi connectivity index (χ2v) is 8.84. The van der Waals surface area contributed by atoms with Gasteiger partial charge < -0.3 is 9.84 Å². The highest BCUT2D eigenvalue weighted by atomic mass is 19.1. The Morgan fingerprint density at radius 3 is 2.89 bits per heavy atom. The van der Waals surface area contributed by atoms with Gasteiger partial charge in [0.05, 0.1) is 30.7 Å². The van der Waals surface area contributed by atoms with Crippen LogP contribution < -0.4 is 4.74 Å². The molecular formula is C28H28F2N2O3. The number of nitrogens with zero attached hydrogens (tertiary/aromatic N) is 2. The van der Waals surface area contributed by atoms with Crippen molar-refractivity contribution in [2.24, 2.45) is 11.8 Å². The van der Waals surface area contributed by atoms with Crippen LogP contribution in [-0.4, -0.2) is 47.7 Å². The van der Waals surface area contributed by atoms with E-state index in [2.05, 4.69) is 16.8 Å². The zero-order chi connectivity index (χ0) is 24.8. The monoisotopic (exact) mass is 478 g/mol. The van der Waals surface area contributed by atoms with Gasteiger partial charge in [-0.25, -0.2) is 8.78 Å². The average molecular weight is 479 g/mol. The number of alkyl halides is 1. The number of aliphatic carboxylic acids is 1. The van der Waals surface area contributed by atoms with Gasteiger partial charge in [-0.05, 0) is 73.7 Å². The largest absolute Gasteiger partial charge is 0.497 e. The molecule has 182 valence electrons. The minimum Gasteiger partial charge on any atom is -0.497 e. The Hall–Kier alpha value is -3.50. The summed E-state index contributed by atoms with van der Waals surface area (Å²) in [7, 11) is 1.56. The van der Waals surface area contributed by atoms with Gasteiger partial charge in [-0.3, -0.25) is 14.7 Å². The maximum Gasteiger partial charge on any atom is 0.308 e. The number of hydrogen-bond donors (Lipinski definition) is 1. The molecule has 1 saturated heterocycles. The zero-order valence-electron chi connectivity index (χ0n) is 19.6. The van der Waals surface area contributed by atoms with Crippen molar-refractivity contribution < 1.29 is 23.4 Å². The number of methoxy groups -OCH3 is 1. The Bertz CT molecular complexity index is 1250. The first-order valence-corrected chi connectivity index (χ1v) is 11.7. The van der Waals surface area contributed by atoms with Crippen LogP contribution in [0, 0.1) is 29.5 Å². The highest BCUT2D eigenvalue weighted by molar-refractivity contribution is 5.83. The van der Waals surface area contributed by atoms with Crippen molar-refractivity contribution in [1.29, 1.82) is 0 Å². The number of ether oxygens (including phenoxy) is 1. The third kappa shape index (κ3) is 5.95. The lowest BCUT2D eigenvalue weighted by Crippen LogP contribution is -2.44. The number of pyridine rings is 1.